The SMILES string of the molecule is COC(=O)c1ccc2c(c1)N(C(C)=O)C(=O)/C2=C(\Nc1ccc(N(C)C(=O)CCl)cc1)c1ccccc1. The predicted molar refractivity (Wildman–Crippen MR) is 143 cm³/mol. The van der Waals surface area contributed by atoms with Crippen LogP contribution in [0.15, 0.2) is 72.8 Å². The van der Waals surface area contributed by atoms with Gasteiger partial charge in [-0.15, -0.1) is 11.6 Å². The number of carbonyl (C=O) groups excluding carboxylic acids is 4. The van der Waals surface area contributed by atoms with Crippen molar-refractivity contribution in [1.29, 1.82) is 0 Å². The van der Waals surface area contributed by atoms with Crippen LogP contribution in [0.1, 0.15) is 28.4 Å². The van der Waals surface area contributed by atoms with E-state index in [0.717, 1.165) is 10.5 Å². The Morgan fingerprint density at radius 3 is 2.24 bits per heavy atom. The van der Waals surface area contributed by atoms with Gasteiger partial charge in [0.1, 0.15) is 5.88 Å². The van der Waals surface area contributed by atoms with E-state index in [1.165, 1.54) is 25.0 Å². The highest BCUT2D eigenvalue weighted by Crippen LogP contribution is 2.42. The number of methoxy groups -OCH3 is 1. The molecule has 1 aliphatic heterocycles. The molecular weight excluding hydrogens is 494 g/mol. The first-order valence-electron chi connectivity index (χ1n) is 11.3. The van der Waals surface area contributed by atoms with Gasteiger partial charge in [0, 0.05) is 30.9 Å². The van der Waals surface area contributed by atoms with E-state index in [1.54, 1.807) is 43.4 Å². The van der Waals surface area contributed by atoms with Gasteiger partial charge in [-0.2, -0.15) is 0 Å². The van der Waals surface area contributed by atoms with Crippen molar-refractivity contribution in [3.05, 3.63) is 89.5 Å². The summed E-state index contributed by atoms with van der Waals surface area (Å²) in [6.45, 7) is 1.29. The fraction of sp³-hybridized carbons (Fsp3) is 0.143. The van der Waals surface area contributed by atoms with E-state index in [4.69, 9.17) is 16.3 Å². The molecule has 0 saturated carbocycles. The number of carbonyl (C=O) groups is 4. The highest BCUT2D eigenvalue weighted by atomic mass is 35.5. The number of imide groups is 1. The van der Waals surface area contributed by atoms with Gasteiger partial charge in [0.15, 0.2) is 0 Å². The number of alkyl halides is 1. The van der Waals surface area contributed by atoms with Crippen LogP contribution in [-0.4, -0.2) is 43.7 Å². The Labute approximate surface area is 219 Å². The second kappa shape index (κ2) is 10.7. The van der Waals surface area contributed by atoms with Crippen LogP contribution < -0.4 is 15.1 Å². The zero-order valence-electron chi connectivity index (χ0n) is 20.4. The fourth-order valence-corrected chi connectivity index (χ4v) is 4.27. The number of amides is 3. The van der Waals surface area contributed by atoms with Crippen molar-refractivity contribution in [2.75, 3.05) is 35.2 Å². The maximum atomic E-state index is 13.6. The number of nitrogens with one attached hydrogen (secondary N) is 1. The Kier molecular flexibility index (Phi) is 7.40. The quantitative estimate of drug-likeness (QED) is 0.293. The van der Waals surface area contributed by atoms with E-state index in [2.05, 4.69) is 5.32 Å². The summed E-state index contributed by atoms with van der Waals surface area (Å²) in [5, 5.41) is 3.33. The van der Waals surface area contributed by atoms with Crippen LogP contribution in [0.2, 0.25) is 0 Å². The van der Waals surface area contributed by atoms with Crippen molar-refractivity contribution < 1.29 is 23.9 Å². The first-order valence-corrected chi connectivity index (χ1v) is 11.9. The number of fused-ring (bicyclic) bond motifs is 1. The molecule has 0 unspecified atom stereocenters. The second-order valence-corrected chi connectivity index (χ2v) is 8.52. The minimum Gasteiger partial charge on any atom is -0.465 e. The van der Waals surface area contributed by atoms with Gasteiger partial charge < -0.3 is 15.0 Å². The molecular formula is C28H24ClN3O5. The largest absolute Gasteiger partial charge is 0.465 e. The zero-order chi connectivity index (χ0) is 26.7. The summed E-state index contributed by atoms with van der Waals surface area (Å²) in [4.78, 5) is 52.7. The summed E-state index contributed by atoms with van der Waals surface area (Å²) < 4.78 is 4.81. The molecule has 0 aliphatic carbocycles. The average Bonchev–Trinajstić information content (AvgIpc) is 3.22. The van der Waals surface area contributed by atoms with Crippen molar-refractivity contribution in [1.82, 2.24) is 0 Å². The highest BCUT2D eigenvalue weighted by molar-refractivity contribution is 6.44. The van der Waals surface area contributed by atoms with Crippen LogP contribution >= 0.6 is 11.6 Å². The van der Waals surface area contributed by atoms with E-state index < -0.39 is 17.8 Å². The molecule has 37 heavy (non-hydrogen) atoms. The molecule has 0 fully saturated rings. The Morgan fingerprint density at radius 1 is 0.973 bits per heavy atom. The minimum atomic E-state index is -0.574. The lowest BCUT2D eigenvalue weighted by atomic mass is 9.99. The van der Waals surface area contributed by atoms with E-state index in [9.17, 15) is 19.2 Å². The third-order valence-electron chi connectivity index (χ3n) is 5.99. The number of ether oxygens (including phenoxy) is 1. The maximum Gasteiger partial charge on any atom is 0.337 e. The van der Waals surface area contributed by atoms with Crippen LogP contribution in [-0.2, 0) is 19.1 Å². The number of halogens is 1. The summed E-state index contributed by atoms with van der Waals surface area (Å²) in [5.74, 6) is -1.94. The third kappa shape index (κ3) is 4.96. The lowest BCUT2D eigenvalue weighted by molar-refractivity contribution is -0.122. The standard InChI is InChI=1S/C28H24ClN3O5/c1-17(33)32-23-15-19(28(36)37-3)9-14-22(23)25(27(32)35)26(18-7-5-4-6-8-18)30-20-10-12-21(13-11-20)31(2)24(34)16-29/h4-15,30H,16H2,1-3H3/b26-25-. The van der Waals surface area contributed by atoms with E-state index >= 15 is 0 Å². The van der Waals surface area contributed by atoms with E-state index in [1.807, 2.05) is 30.3 Å². The highest BCUT2D eigenvalue weighted by Gasteiger charge is 2.38. The Hall–Kier alpha value is -4.43. The molecule has 3 aromatic carbocycles. The van der Waals surface area contributed by atoms with Crippen molar-refractivity contribution >= 4 is 63.6 Å². The zero-order valence-corrected chi connectivity index (χ0v) is 21.2. The number of rotatable bonds is 6. The molecule has 188 valence electrons. The lowest BCUT2D eigenvalue weighted by Crippen LogP contribution is -2.31. The van der Waals surface area contributed by atoms with Crippen molar-refractivity contribution in [3.8, 4) is 0 Å². The Balaban J connectivity index is 1.86. The molecule has 9 heteroatoms. The molecule has 0 saturated heterocycles. The first-order chi connectivity index (χ1) is 17.8. The van der Waals surface area contributed by atoms with Crippen LogP contribution in [0.4, 0.5) is 17.1 Å². The van der Waals surface area contributed by atoms with Gasteiger partial charge >= 0.3 is 5.97 Å². The van der Waals surface area contributed by atoms with Gasteiger partial charge in [0.05, 0.1) is 29.6 Å². The molecule has 0 bridgehead atoms. The number of anilines is 3. The molecule has 4 rings (SSSR count). The Bertz CT molecular complexity index is 1420. The third-order valence-corrected chi connectivity index (χ3v) is 6.21. The number of nitrogens with zero attached hydrogens (tertiary/aromatic N) is 2. The van der Waals surface area contributed by atoms with Gasteiger partial charge in [0.2, 0.25) is 11.8 Å². The predicted octanol–water partition coefficient (Wildman–Crippen LogP) is 4.55. The van der Waals surface area contributed by atoms with E-state index in [-0.39, 0.29) is 22.9 Å². The first kappa shape index (κ1) is 25.7. The van der Waals surface area contributed by atoms with Gasteiger partial charge in [-0.05, 0) is 42.0 Å². The summed E-state index contributed by atoms with van der Waals surface area (Å²) >= 11 is 5.67. The summed E-state index contributed by atoms with van der Waals surface area (Å²) in [6, 6.07) is 21.0. The monoisotopic (exact) mass is 517 g/mol. The molecule has 0 aromatic heterocycles. The normalized spacial score (nSPS) is 13.6. The number of esters is 1. The number of hydrogen-bond donors (Lipinski definition) is 1. The average molecular weight is 518 g/mol. The van der Waals surface area contributed by atoms with Crippen LogP contribution in [0, 0.1) is 0 Å². The fourth-order valence-electron chi connectivity index (χ4n) is 4.09. The smallest absolute Gasteiger partial charge is 0.337 e. The van der Waals surface area contributed by atoms with E-state index in [0.29, 0.717) is 28.3 Å². The van der Waals surface area contributed by atoms with Gasteiger partial charge in [-0.25, -0.2) is 9.69 Å². The molecule has 3 amide bonds. The summed E-state index contributed by atoms with van der Waals surface area (Å²) in [5.41, 5.74) is 3.84. The van der Waals surface area contributed by atoms with Gasteiger partial charge in [0.25, 0.3) is 5.91 Å². The molecule has 1 heterocycles. The van der Waals surface area contributed by atoms with Crippen LogP contribution in [0.3, 0.4) is 0 Å². The topological polar surface area (TPSA) is 96.0 Å². The van der Waals surface area contributed by atoms with Crippen molar-refractivity contribution in [2.45, 2.75) is 6.92 Å². The minimum absolute atomic E-state index is 0.132. The second-order valence-electron chi connectivity index (χ2n) is 8.26. The van der Waals surface area contributed by atoms with Gasteiger partial charge in [-0.3, -0.25) is 14.4 Å². The van der Waals surface area contributed by atoms with Crippen molar-refractivity contribution in [3.63, 3.8) is 0 Å². The number of benzene rings is 3. The van der Waals surface area contributed by atoms with Crippen LogP contribution in [0.5, 0.6) is 0 Å². The van der Waals surface area contributed by atoms with Gasteiger partial charge in [-0.1, -0.05) is 36.4 Å². The molecule has 0 radical (unpaired) electrons. The lowest BCUT2D eigenvalue weighted by Gasteiger charge is -2.18. The van der Waals surface area contributed by atoms with Crippen LogP contribution in [0.25, 0.3) is 11.3 Å². The molecule has 3 aromatic rings. The number of hydrogen-bond acceptors (Lipinski definition) is 6. The molecule has 0 atom stereocenters. The maximum absolute atomic E-state index is 13.6. The molecule has 8 nitrogen and oxygen atoms in total. The summed E-state index contributed by atoms with van der Waals surface area (Å²) in [7, 11) is 2.90. The van der Waals surface area contributed by atoms with Crippen molar-refractivity contribution in [2.24, 2.45) is 0 Å². The Morgan fingerprint density at radius 2 is 1.65 bits per heavy atom. The summed E-state index contributed by atoms with van der Waals surface area (Å²) in [6.07, 6.45) is 0. The molecule has 1 aliphatic rings. The molecule has 1 N–H and O–H groups in total. The molecule has 0 spiro atoms.